The first kappa shape index (κ1) is 19.1. The number of phenolic OH excluding ortho intramolecular Hbond substituents is 1. The molecular formula is C19H23N3O4. The van der Waals surface area contributed by atoms with Crippen molar-refractivity contribution >= 4 is 17.8 Å². The van der Waals surface area contributed by atoms with Crippen molar-refractivity contribution < 1.29 is 19.4 Å². The molecule has 2 rings (SSSR count). The van der Waals surface area contributed by atoms with Crippen LogP contribution in [0.4, 0.5) is 5.69 Å². The van der Waals surface area contributed by atoms with Gasteiger partial charge >= 0.3 is 0 Å². The van der Waals surface area contributed by atoms with Crippen molar-refractivity contribution in [3.8, 4) is 17.2 Å². The Bertz CT molecular complexity index is 760. The van der Waals surface area contributed by atoms with Gasteiger partial charge in [0.2, 0.25) is 0 Å². The Hall–Kier alpha value is -3.22. The van der Waals surface area contributed by atoms with Crippen LogP contribution in [0.3, 0.4) is 0 Å². The molecule has 7 heteroatoms. The fraction of sp³-hybridized carbons (Fsp3) is 0.263. The van der Waals surface area contributed by atoms with Gasteiger partial charge in [-0.15, -0.1) is 0 Å². The molecule has 7 nitrogen and oxygen atoms in total. The Labute approximate surface area is 152 Å². The number of aromatic hydroxyl groups is 1. The number of carbonyl (C=O) groups is 1. The van der Waals surface area contributed by atoms with E-state index in [4.69, 9.17) is 9.47 Å². The van der Waals surface area contributed by atoms with Crippen molar-refractivity contribution in [3.63, 3.8) is 0 Å². The number of amides is 1. The minimum atomic E-state index is -0.496. The minimum Gasteiger partial charge on any atom is -0.507 e. The van der Waals surface area contributed by atoms with Gasteiger partial charge in [-0.2, -0.15) is 5.10 Å². The number of hydrazone groups is 1. The number of anilines is 1. The summed E-state index contributed by atoms with van der Waals surface area (Å²) in [5.74, 6) is 1.10. The van der Waals surface area contributed by atoms with Crippen LogP contribution < -0.4 is 20.2 Å². The largest absolute Gasteiger partial charge is 0.507 e. The van der Waals surface area contributed by atoms with Gasteiger partial charge in [0.15, 0.2) is 0 Å². The summed E-state index contributed by atoms with van der Waals surface area (Å²) in [6.07, 6.45) is 1.36. The molecule has 0 fully saturated rings. The van der Waals surface area contributed by atoms with Crippen LogP contribution in [0.15, 0.2) is 47.6 Å². The molecule has 0 bridgehead atoms. The molecule has 2 aromatic carbocycles. The summed E-state index contributed by atoms with van der Waals surface area (Å²) in [7, 11) is 1.53. The SMILES string of the molecule is CCOc1ccc(NC(C)C(=O)N/N=C/c2cc(OC)ccc2O)cc1. The molecular weight excluding hydrogens is 334 g/mol. The monoisotopic (exact) mass is 357 g/mol. The molecule has 138 valence electrons. The number of benzene rings is 2. The number of ether oxygens (including phenoxy) is 2. The van der Waals surface area contributed by atoms with Gasteiger partial charge in [-0.1, -0.05) is 0 Å². The van der Waals surface area contributed by atoms with Gasteiger partial charge in [0, 0.05) is 11.3 Å². The second kappa shape index (κ2) is 9.31. The molecule has 0 aliphatic carbocycles. The van der Waals surface area contributed by atoms with E-state index < -0.39 is 6.04 Å². The van der Waals surface area contributed by atoms with E-state index in [9.17, 15) is 9.90 Å². The summed E-state index contributed by atoms with van der Waals surface area (Å²) in [6.45, 7) is 4.25. The lowest BCUT2D eigenvalue weighted by Crippen LogP contribution is -2.34. The third kappa shape index (κ3) is 5.41. The molecule has 1 atom stereocenters. The van der Waals surface area contributed by atoms with Crippen molar-refractivity contribution in [2.45, 2.75) is 19.9 Å². The molecule has 2 aromatic rings. The molecule has 1 amide bonds. The maximum atomic E-state index is 12.1. The Balaban J connectivity index is 1.90. The maximum absolute atomic E-state index is 12.1. The topological polar surface area (TPSA) is 92.2 Å². The summed E-state index contributed by atoms with van der Waals surface area (Å²) in [4.78, 5) is 12.1. The van der Waals surface area contributed by atoms with E-state index in [0.717, 1.165) is 11.4 Å². The Morgan fingerprint density at radius 2 is 1.92 bits per heavy atom. The fourth-order valence-electron chi connectivity index (χ4n) is 2.15. The summed E-state index contributed by atoms with van der Waals surface area (Å²) in [5.41, 5.74) is 3.68. The predicted molar refractivity (Wildman–Crippen MR) is 101 cm³/mol. The summed E-state index contributed by atoms with van der Waals surface area (Å²) >= 11 is 0. The molecule has 26 heavy (non-hydrogen) atoms. The van der Waals surface area contributed by atoms with Gasteiger partial charge in [-0.25, -0.2) is 5.43 Å². The number of phenols is 1. The maximum Gasteiger partial charge on any atom is 0.262 e. The number of hydrogen-bond donors (Lipinski definition) is 3. The normalized spacial score (nSPS) is 11.8. The molecule has 0 saturated carbocycles. The van der Waals surface area contributed by atoms with Crippen molar-refractivity contribution in [3.05, 3.63) is 48.0 Å². The number of hydrogen-bond acceptors (Lipinski definition) is 6. The second-order valence-electron chi connectivity index (χ2n) is 5.48. The van der Waals surface area contributed by atoms with Gasteiger partial charge in [0.05, 0.1) is 19.9 Å². The molecule has 3 N–H and O–H groups in total. The number of carbonyl (C=O) groups excluding carboxylic acids is 1. The first-order valence-electron chi connectivity index (χ1n) is 8.22. The molecule has 0 radical (unpaired) electrons. The van der Waals surface area contributed by atoms with Crippen molar-refractivity contribution in [2.75, 3.05) is 19.0 Å². The van der Waals surface area contributed by atoms with Crippen molar-refractivity contribution in [1.29, 1.82) is 0 Å². The van der Waals surface area contributed by atoms with Crippen LogP contribution in [0.25, 0.3) is 0 Å². The smallest absolute Gasteiger partial charge is 0.262 e. The Morgan fingerprint density at radius 1 is 1.23 bits per heavy atom. The van der Waals surface area contributed by atoms with Crippen LogP contribution in [-0.2, 0) is 4.79 Å². The molecule has 0 aliphatic rings. The minimum absolute atomic E-state index is 0.0457. The van der Waals surface area contributed by atoms with E-state index in [1.54, 1.807) is 19.1 Å². The quantitative estimate of drug-likeness (QED) is 0.499. The number of nitrogens with zero attached hydrogens (tertiary/aromatic N) is 1. The average molecular weight is 357 g/mol. The van der Waals surface area contributed by atoms with Gasteiger partial charge in [-0.3, -0.25) is 4.79 Å². The molecule has 1 unspecified atom stereocenters. The zero-order valence-corrected chi connectivity index (χ0v) is 15.0. The van der Waals surface area contributed by atoms with Crippen molar-refractivity contribution in [2.24, 2.45) is 5.10 Å². The number of nitrogens with one attached hydrogen (secondary N) is 2. The van der Waals surface area contributed by atoms with Gasteiger partial charge < -0.3 is 19.9 Å². The van der Waals surface area contributed by atoms with E-state index in [-0.39, 0.29) is 11.7 Å². The van der Waals surface area contributed by atoms with Crippen LogP contribution in [0.1, 0.15) is 19.4 Å². The lowest BCUT2D eigenvalue weighted by molar-refractivity contribution is -0.121. The summed E-state index contributed by atoms with van der Waals surface area (Å²) in [6, 6.07) is 11.6. The first-order chi connectivity index (χ1) is 12.5. The first-order valence-corrected chi connectivity index (χ1v) is 8.22. The second-order valence-corrected chi connectivity index (χ2v) is 5.48. The Kier molecular flexibility index (Phi) is 6.84. The van der Waals surface area contributed by atoms with Gasteiger partial charge in [0.1, 0.15) is 23.3 Å². The van der Waals surface area contributed by atoms with Gasteiger partial charge in [-0.05, 0) is 56.3 Å². The zero-order valence-electron chi connectivity index (χ0n) is 15.0. The highest BCUT2D eigenvalue weighted by Gasteiger charge is 2.11. The molecule has 0 aromatic heterocycles. The van der Waals surface area contributed by atoms with E-state index in [1.165, 1.54) is 19.4 Å². The number of rotatable bonds is 8. The highest BCUT2D eigenvalue weighted by molar-refractivity contribution is 5.88. The summed E-state index contributed by atoms with van der Waals surface area (Å²) < 4.78 is 10.5. The van der Waals surface area contributed by atoms with Crippen LogP contribution in [-0.4, -0.2) is 37.0 Å². The summed E-state index contributed by atoms with van der Waals surface area (Å²) in [5, 5.41) is 16.7. The third-order valence-electron chi connectivity index (χ3n) is 3.55. The van der Waals surface area contributed by atoms with E-state index in [0.29, 0.717) is 17.9 Å². The van der Waals surface area contributed by atoms with E-state index in [2.05, 4.69) is 15.8 Å². The molecule has 0 heterocycles. The lowest BCUT2D eigenvalue weighted by atomic mass is 10.2. The molecule has 0 aliphatic heterocycles. The highest BCUT2D eigenvalue weighted by Crippen LogP contribution is 2.21. The molecule has 0 spiro atoms. The van der Waals surface area contributed by atoms with Crippen LogP contribution in [0.2, 0.25) is 0 Å². The predicted octanol–water partition coefficient (Wildman–Crippen LogP) is 2.75. The van der Waals surface area contributed by atoms with Crippen LogP contribution in [0, 0.1) is 0 Å². The van der Waals surface area contributed by atoms with Crippen molar-refractivity contribution in [1.82, 2.24) is 5.43 Å². The van der Waals surface area contributed by atoms with Crippen LogP contribution in [0.5, 0.6) is 17.2 Å². The van der Waals surface area contributed by atoms with Gasteiger partial charge in [0.25, 0.3) is 5.91 Å². The highest BCUT2D eigenvalue weighted by atomic mass is 16.5. The average Bonchev–Trinajstić information content (AvgIpc) is 2.65. The third-order valence-corrected chi connectivity index (χ3v) is 3.55. The van der Waals surface area contributed by atoms with E-state index in [1.807, 2.05) is 31.2 Å². The lowest BCUT2D eigenvalue weighted by Gasteiger charge is -2.14. The van der Waals surface area contributed by atoms with Crippen LogP contribution >= 0.6 is 0 Å². The standard InChI is InChI=1S/C19H23N3O4/c1-4-26-16-7-5-15(6-8-16)21-13(2)19(24)22-20-12-14-11-17(25-3)9-10-18(14)23/h5-13,21,23H,4H2,1-3H3,(H,22,24)/b20-12+. The Morgan fingerprint density at radius 3 is 2.58 bits per heavy atom. The number of methoxy groups -OCH3 is 1. The zero-order chi connectivity index (χ0) is 18.9. The van der Waals surface area contributed by atoms with E-state index >= 15 is 0 Å². The molecule has 0 saturated heterocycles. The fourth-order valence-corrected chi connectivity index (χ4v) is 2.15.